The van der Waals surface area contributed by atoms with Crippen LogP contribution in [0.1, 0.15) is 38.7 Å². The van der Waals surface area contributed by atoms with Crippen LogP contribution in [-0.4, -0.2) is 10.7 Å². The molecule has 5 heteroatoms. The molecule has 0 aliphatic carbocycles. The summed E-state index contributed by atoms with van der Waals surface area (Å²) in [4.78, 5) is 10.6. The number of aryl methyl sites for hydroxylation is 1. The Morgan fingerprint density at radius 3 is 2.72 bits per heavy atom. The Morgan fingerprint density at radius 2 is 2.11 bits per heavy atom. The fourth-order valence-electron chi connectivity index (χ4n) is 1.69. The lowest BCUT2D eigenvalue weighted by atomic mass is 10.1. The van der Waals surface area contributed by atoms with Gasteiger partial charge in [0.05, 0.1) is 17.0 Å². The first-order chi connectivity index (χ1) is 8.70. The summed E-state index contributed by atoms with van der Waals surface area (Å²) >= 11 is 1.24. The van der Waals surface area contributed by atoms with E-state index < -0.39 is 0 Å². The minimum atomic E-state index is -0.380. The van der Waals surface area contributed by atoms with Crippen molar-refractivity contribution in [2.24, 2.45) is 0 Å². The highest BCUT2D eigenvalue weighted by Gasteiger charge is 2.19. The van der Waals surface area contributed by atoms with Gasteiger partial charge in [0.1, 0.15) is 0 Å². The Balaban J connectivity index is 2.91. The maximum atomic E-state index is 11.0. The van der Waals surface area contributed by atoms with Gasteiger partial charge in [-0.2, -0.15) is 0 Å². The fourth-order valence-corrected chi connectivity index (χ4v) is 2.12. The van der Waals surface area contributed by atoms with Crippen molar-refractivity contribution in [1.29, 1.82) is 0 Å². The van der Waals surface area contributed by atoms with Gasteiger partial charge < -0.3 is 4.18 Å². The SMILES string of the molecule is CCCCCc1cccc([N+](=O)[O-])c1OSCC. The molecule has 0 fully saturated rings. The first-order valence-corrected chi connectivity index (χ1v) is 7.17. The molecule has 100 valence electrons. The standard InChI is InChI=1S/C13H19NO3S/c1-3-5-6-8-11-9-7-10-12(14(15)16)13(11)17-18-4-2/h7,9-10H,3-6,8H2,1-2H3. The zero-order valence-electron chi connectivity index (χ0n) is 10.8. The molecule has 4 nitrogen and oxygen atoms in total. The zero-order valence-corrected chi connectivity index (χ0v) is 11.7. The highest BCUT2D eigenvalue weighted by atomic mass is 32.2. The van der Waals surface area contributed by atoms with E-state index in [0.717, 1.165) is 37.0 Å². The molecule has 0 aliphatic heterocycles. The topological polar surface area (TPSA) is 52.4 Å². The maximum Gasteiger partial charge on any atom is 0.312 e. The van der Waals surface area contributed by atoms with Crippen LogP contribution in [0.15, 0.2) is 18.2 Å². The van der Waals surface area contributed by atoms with Crippen LogP contribution < -0.4 is 4.18 Å². The molecule has 0 aromatic heterocycles. The van der Waals surface area contributed by atoms with Crippen LogP contribution in [0.25, 0.3) is 0 Å². The smallest absolute Gasteiger partial charge is 0.312 e. The zero-order chi connectivity index (χ0) is 13.4. The van der Waals surface area contributed by atoms with Gasteiger partial charge >= 0.3 is 5.69 Å². The summed E-state index contributed by atoms with van der Waals surface area (Å²) in [5.41, 5.74) is 0.989. The van der Waals surface area contributed by atoms with Gasteiger partial charge in [-0.05, 0) is 12.8 Å². The number of nitrogens with zero attached hydrogens (tertiary/aromatic N) is 1. The van der Waals surface area contributed by atoms with Crippen molar-refractivity contribution in [1.82, 2.24) is 0 Å². The van der Waals surface area contributed by atoms with Crippen molar-refractivity contribution in [2.45, 2.75) is 39.5 Å². The number of benzene rings is 1. The third-order valence-electron chi connectivity index (χ3n) is 2.58. The van der Waals surface area contributed by atoms with Gasteiger partial charge in [-0.25, -0.2) is 0 Å². The molecule has 0 atom stereocenters. The number of para-hydroxylation sites is 1. The highest BCUT2D eigenvalue weighted by molar-refractivity contribution is 7.94. The van der Waals surface area contributed by atoms with E-state index in [-0.39, 0.29) is 10.6 Å². The number of rotatable bonds is 8. The average molecular weight is 269 g/mol. The molecular formula is C13H19NO3S. The predicted octanol–water partition coefficient (Wildman–Crippen LogP) is 4.37. The van der Waals surface area contributed by atoms with Crippen molar-refractivity contribution in [2.75, 3.05) is 5.75 Å². The lowest BCUT2D eigenvalue weighted by Gasteiger charge is -2.09. The molecule has 0 N–H and O–H groups in total. The van der Waals surface area contributed by atoms with E-state index in [1.165, 1.54) is 18.1 Å². The van der Waals surface area contributed by atoms with E-state index in [0.29, 0.717) is 5.75 Å². The molecule has 0 bridgehead atoms. The Morgan fingerprint density at radius 1 is 1.33 bits per heavy atom. The molecule has 0 amide bonds. The first kappa shape index (κ1) is 14.8. The summed E-state index contributed by atoms with van der Waals surface area (Å²) in [6.07, 6.45) is 4.12. The lowest BCUT2D eigenvalue weighted by Crippen LogP contribution is -1.97. The largest absolute Gasteiger partial charge is 0.418 e. The van der Waals surface area contributed by atoms with Gasteiger partial charge in [0, 0.05) is 17.4 Å². The van der Waals surface area contributed by atoms with E-state index in [1.54, 1.807) is 6.07 Å². The molecule has 0 spiro atoms. The summed E-state index contributed by atoms with van der Waals surface area (Å²) in [7, 11) is 0. The normalized spacial score (nSPS) is 10.3. The lowest BCUT2D eigenvalue weighted by molar-refractivity contribution is -0.385. The van der Waals surface area contributed by atoms with E-state index >= 15 is 0 Å². The molecule has 0 saturated carbocycles. The second kappa shape index (κ2) is 7.97. The van der Waals surface area contributed by atoms with E-state index in [2.05, 4.69) is 6.92 Å². The molecule has 0 heterocycles. The summed E-state index contributed by atoms with van der Waals surface area (Å²) in [5.74, 6) is 1.19. The Bertz CT molecular complexity index is 396. The molecule has 0 unspecified atom stereocenters. The van der Waals surface area contributed by atoms with Gasteiger partial charge in [-0.3, -0.25) is 10.1 Å². The summed E-state index contributed by atoms with van der Waals surface area (Å²) < 4.78 is 5.48. The van der Waals surface area contributed by atoms with Crippen LogP contribution in [0.4, 0.5) is 5.69 Å². The van der Waals surface area contributed by atoms with Crippen molar-refractivity contribution in [3.63, 3.8) is 0 Å². The molecule has 1 aromatic carbocycles. The van der Waals surface area contributed by atoms with E-state index in [4.69, 9.17) is 4.18 Å². The number of hydrogen-bond donors (Lipinski definition) is 0. The Hall–Kier alpha value is -1.23. The van der Waals surface area contributed by atoms with Crippen LogP contribution in [0.3, 0.4) is 0 Å². The minimum Gasteiger partial charge on any atom is -0.418 e. The van der Waals surface area contributed by atoms with Crippen LogP contribution in [-0.2, 0) is 6.42 Å². The number of hydrogen-bond acceptors (Lipinski definition) is 4. The van der Waals surface area contributed by atoms with Crippen molar-refractivity contribution >= 4 is 17.7 Å². The van der Waals surface area contributed by atoms with Gasteiger partial charge in [0.15, 0.2) is 0 Å². The number of unbranched alkanes of at least 4 members (excludes halogenated alkanes) is 2. The monoisotopic (exact) mass is 269 g/mol. The van der Waals surface area contributed by atoms with Crippen molar-refractivity contribution in [3.8, 4) is 5.75 Å². The molecule has 0 saturated heterocycles. The van der Waals surface area contributed by atoms with Crippen LogP contribution in [0, 0.1) is 10.1 Å². The molecule has 1 aromatic rings. The molecule has 18 heavy (non-hydrogen) atoms. The molecule has 0 aliphatic rings. The fraction of sp³-hybridized carbons (Fsp3) is 0.538. The minimum absolute atomic E-state index is 0.0601. The Kier molecular flexibility index (Phi) is 6.57. The second-order valence-electron chi connectivity index (χ2n) is 3.97. The van der Waals surface area contributed by atoms with Gasteiger partial charge in [0.2, 0.25) is 5.75 Å². The predicted molar refractivity (Wildman–Crippen MR) is 75.1 cm³/mol. The van der Waals surface area contributed by atoms with Crippen LogP contribution >= 0.6 is 12.0 Å². The van der Waals surface area contributed by atoms with Gasteiger partial charge in [-0.1, -0.05) is 38.8 Å². The highest BCUT2D eigenvalue weighted by Crippen LogP contribution is 2.34. The summed E-state index contributed by atoms with van der Waals surface area (Å²) in [6, 6.07) is 5.13. The van der Waals surface area contributed by atoms with E-state index in [9.17, 15) is 10.1 Å². The molecular weight excluding hydrogens is 250 g/mol. The van der Waals surface area contributed by atoms with Crippen LogP contribution in [0.2, 0.25) is 0 Å². The number of nitro benzene ring substituents is 1. The quantitative estimate of drug-likeness (QED) is 0.304. The molecule has 1 rings (SSSR count). The second-order valence-corrected chi connectivity index (χ2v) is 4.95. The van der Waals surface area contributed by atoms with E-state index in [1.807, 2.05) is 13.0 Å². The van der Waals surface area contributed by atoms with Crippen LogP contribution in [0.5, 0.6) is 5.75 Å². The van der Waals surface area contributed by atoms with Gasteiger partial charge in [0.25, 0.3) is 0 Å². The third-order valence-corrected chi connectivity index (χ3v) is 3.10. The van der Waals surface area contributed by atoms with Gasteiger partial charge in [-0.15, -0.1) is 0 Å². The van der Waals surface area contributed by atoms with Crippen molar-refractivity contribution in [3.05, 3.63) is 33.9 Å². The first-order valence-electron chi connectivity index (χ1n) is 6.26. The van der Waals surface area contributed by atoms with Crippen molar-refractivity contribution < 1.29 is 9.11 Å². The third kappa shape index (κ3) is 4.22. The summed E-state index contributed by atoms with van der Waals surface area (Å²) in [6.45, 7) is 4.09. The maximum absolute atomic E-state index is 11.0. The summed E-state index contributed by atoms with van der Waals surface area (Å²) in [5, 5.41) is 11.0. The molecule has 0 radical (unpaired) electrons. The number of nitro groups is 1. The average Bonchev–Trinajstić information content (AvgIpc) is 2.37. The Labute approximate surface area is 112 Å².